The number of ketones is 1. The number of rotatable bonds is 4. The standard InChI is InChI=1S/C7H12O4/c1-5(8)6(2)11-4-7(9)10-3/h6H,4H2,1-3H3. The molecule has 0 aliphatic rings. The molecule has 0 rings (SSSR count). The van der Waals surface area contributed by atoms with E-state index in [1.54, 1.807) is 6.92 Å². The van der Waals surface area contributed by atoms with Gasteiger partial charge in [0.15, 0.2) is 5.78 Å². The number of esters is 1. The smallest absolute Gasteiger partial charge is 0.331 e. The van der Waals surface area contributed by atoms with Gasteiger partial charge in [-0.1, -0.05) is 0 Å². The Hall–Kier alpha value is -0.900. The summed E-state index contributed by atoms with van der Waals surface area (Å²) in [6.07, 6.45) is -0.533. The van der Waals surface area contributed by atoms with Crippen LogP contribution >= 0.6 is 0 Å². The fraction of sp³-hybridized carbons (Fsp3) is 0.714. The molecule has 0 aliphatic heterocycles. The number of carbonyl (C=O) groups excluding carboxylic acids is 2. The van der Waals surface area contributed by atoms with Crippen LogP contribution in [-0.2, 0) is 19.1 Å². The molecule has 64 valence electrons. The Morgan fingerprint density at radius 1 is 1.45 bits per heavy atom. The zero-order valence-corrected chi connectivity index (χ0v) is 6.92. The maximum atomic E-state index is 10.6. The van der Waals surface area contributed by atoms with E-state index in [0.717, 1.165) is 0 Å². The lowest BCUT2D eigenvalue weighted by atomic mass is 10.3. The molecular weight excluding hydrogens is 148 g/mol. The summed E-state index contributed by atoms with van der Waals surface area (Å²) < 4.78 is 9.14. The molecule has 0 aromatic heterocycles. The molecule has 0 N–H and O–H groups in total. The predicted octanol–water partition coefficient (Wildman–Crippen LogP) is 0.153. The molecule has 1 unspecified atom stereocenters. The highest BCUT2D eigenvalue weighted by Gasteiger charge is 2.09. The molecule has 0 aliphatic carbocycles. The van der Waals surface area contributed by atoms with Gasteiger partial charge >= 0.3 is 5.97 Å². The molecule has 4 nitrogen and oxygen atoms in total. The van der Waals surface area contributed by atoms with Gasteiger partial charge in [-0.25, -0.2) is 4.79 Å². The van der Waals surface area contributed by atoms with Crippen LogP contribution in [0.1, 0.15) is 13.8 Å². The van der Waals surface area contributed by atoms with Crippen LogP contribution in [0, 0.1) is 0 Å². The molecule has 0 saturated heterocycles. The summed E-state index contributed by atoms with van der Waals surface area (Å²) in [6, 6.07) is 0. The van der Waals surface area contributed by atoms with Crippen LogP contribution in [0.5, 0.6) is 0 Å². The highest BCUT2D eigenvalue weighted by atomic mass is 16.6. The van der Waals surface area contributed by atoms with Crippen molar-refractivity contribution in [1.82, 2.24) is 0 Å². The topological polar surface area (TPSA) is 52.6 Å². The largest absolute Gasteiger partial charge is 0.467 e. The van der Waals surface area contributed by atoms with Gasteiger partial charge in [-0.05, 0) is 13.8 Å². The summed E-state index contributed by atoms with van der Waals surface area (Å²) in [7, 11) is 1.27. The average Bonchev–Trinajstić information content (AvgIpc) is 1.99. The third-order valence-corrected chi connectivity index (χ3v) is 1.25. The van der Waals surface area contributed by atoms with Crippen LogP contribution in [0.3, 0.4) is 0 Å². The molecule has 4 heteroatoms. The summed E-state index contributed by atoms with van der Waals surface area (Å²) in [6.45, 7) is 2.82. The van der Waals surface area contributed by atoms with Gasteiger partial charge in [0.1, 0.15) is 12.7 Å². The number of methoxy groups -OCH3 is 1. The molecule has 0 radical (unpaired) electrons. The maximum absolute atomic E-state index is 10.6. The van der Waals surface area contributed by atoms with Gasteiger partial charge in [-0.3, -0.25) is 4.79 Å². The second-order valence-corrected chi connectivity index (χ2v) is 2.14. The number of ether oxygens (including phenoxy) is 2. The lowest BCUT2D eigenvalue weighted by molar-refractivity contribution is -0.149. The Morgan fingerprint density at radius 3 is 2.36 bits per heavy atom. The van der Waals surface area contributed by atoms with Gasteiger partial charge in [0, 0.05) is 0 Å². The summed E-state index contributed by atoms with van der Waals surface area (Å²) >= 11 is 0. The van der Waals surface area contributed by atoms with Gasteiger partial charge in [-0.2, -0.15) is 0 Å². The van der Waals surface area contributed by atoms with Crippen LogP contribution in [0.4, 0.5) is 0 Å². The molecule has 0 saturated carbocycles. The van der Waals surface area contributed by atoms with Crippen LogP contribution in [0.2, 0.25) is 0 Å². The minimum Gasteiger partial charge on any atom is -0.467 e. The second kappa shape index (κ2) is 4.85. The molecule has 0 spiro atoms. The molecule has 0 aromatic carbocycles. The normalized spacial score (nSPS) is 12.3. The van der Waals surface area contributed by atoms with Crippen molar-refractivity contribution in [3.8, 4) is 0 Å². The Labute approximate surface area is 65.5 Å². The Balaban J connectivity index is 3.54. The van der Waals surface area contributed by atoms with Crippen molar-refractivity contribution >= 4 is 11.8 Å². The van der Waals surface area contributed by atoms with Crippen molar-refractivity contribution in [2.24, 2.45) is 0 Å². The van der Waals surface area contributed by atoms with Gasteiger partial charge in [0.25, 0.3) is 0 Å². The van der Waals surface area contributed by atoms with Gasteiger partial charge in [0.2, 0.25) is 0 Å². The van der Waals surface area contributed by atoms with Crippen LogP contribution < -0.4 is 0 Å². The van der Waals surface area contributed by atoms with Crippen molar-refractivity contribution in [1.29, 1.82) is 0 Å². The zero-order chi connectivity index (χ0) is 8.85. The van der Waals surface area contributed by atoms with Crippen molar-refractivity contribution in [2.45, 2.75) is 20.0 Å². The molecule has 0 bridgehead atoms. The number of carbonyl (C=O) groups is 2. The van der Waals surface area contributed by atoms with Crippen molar-refractivity contribution in [3.05, 3.63) is 0 Å². The molecule has 0 aromatic rings. The lowest BCUT2D eigenvalue weighted by Gasteiger charge is -2.07. The average molecular weight is 160 g/mol. The summed E-state index contributed by atoms with van der Waals surface area (Å²) in [5.74, 6) is -0.577. The number of Topliss-reactive ketones (excluding diaryl/α,β-unsaturated/α-hetero) is 1. The van der Waals surface area contributed by atoms with Gasteiger partial charge in [-0.15, -0.1) is 0 Å². The monoisotopic (exact) mass is 160 g/mol. The van der Waals surface area contributed by atoms with E-state index in [0.29, 0.717) is 0 Å². The first-order chi connectivity index (χ1) is 5.07. The fourth-order valence-corrected chi connectivity index (χ4v) is 0.369. The summed E-state index contributed by atoms with van der Waals surface area (Å²) in [5.41, 5.74) is 0. The molecule has 11 heavy (non-hydrogen) atoms. The van der Waals surface area contributed by atoms with E-state index in [1.165, 1.54) is 14.0 Å². The first-order valence-corrected chi connectivity index (χ1v) is 3.26. The zero-order valence-electron chi connectivity index (χ0n) is 6.92. The SMILES string of the molecule is COC(=O)COC(C)C(C)=O. The first-order valence-electron chi connectivity index (χ1n) is 3.26. The molecule has 0 fully saturated rings. The molecule has 1 atom stereocenters. The van der Waals surface area contributed by atoms with E-state index in [-0.39, 0.29) is 12.4 Å². The molecular formula is C7H12O4. The number of hydrogen-bond donors (Lipinski definition) is 0. The molecule has 0 amide bonds. The van der Waals surface area contributed by atoms with E-state index in [2.05, 4.69) is 4.74 Å². The van der Waals surface area contributed by atoms with E-state index < -0.39 is 12.1 Å². The Kier molecular flexibility index (Phi) is 4.45. The minimum absolute atomic E-state index is 0.103. The van der Waals surface area contributed by atoms with Crippen molar-refractivity contribution in [3.63, 3.8) is 0 Å². The van der Waals surface area contributed by atoms with Crippen molar-refractivity contribution < 1.29 is 19.1 Å². The first kappa shape index (κ1) is 10.1. The summed E-state index contributed by atoms with van der Waals surface area (Å²) in [5, 5.41) is 0. The van der Waals surface area contributed by atoms with Crippen LogP contribution in [0.15, 0.2) is 0 Å². The minimum atomic E-state index is -0.533. The quantitative estimate of drug-likeness (QED) is 0.549. The fourth-order valence-electron chi connectivity index (χ4n) is 0.369. The maximum Gasteiger partial charge on any atom is 0.331 e. The number of hydrogen-bond acceptors (Lipinski definition) is 4. The van der Waals surface area contributed by atoms with Crippen LogP contribution in [-0.4, -0.2) is 31.6 Å². The van der Waals surface area contributed by atoms with Gasteiger partial charge < -0.3 is 9.47 Å². The van der Waals surface area contributed by atoms with E-state index in [9.17, 15) is 9.59 Å². The highest BCUT2D eigenvalue weighted by molar-refractivity contribution is 5.80. The highest BCUT2D eigenvalue weighted by Crippen LogP contribution is 1.91. The van der Waals surface area contributed by atoms with E-state index in [1.807, 2.05) is 0 Å². The van der Waals surface area contributed by atoms with E-state index >= 15 is 0 Å². The Bertz CT molecular complexity index is 153. The second-order valence-electron chi connectivity index (χ2n) is 2.14. The van der Waals surface area contributed by atoms with E-state index in [4.69, 9.17) is 4.74 Å². The molecule has 0 heterocycles. The third kappa shape index (κ3) is 4.50. The third-order valence-electron chi connectivity index (χ3n) is 1.25. The van der Waals surface area contributed by atoms with Crippen molar-refractivity contribution in [2.75, 3.05) is 13.7 Å². The summed E-state index contributed by atoms with van der Waals surface area (Å²) in [4.78, 5) is 21.0. The van der Waals surface area contributed by atoms with Crippen LogP contribution in [0.25, 0.3) is 0 Å². The lowest BCUT2D eigenvalue weighted by Crippen LogP contribution is -2.22. The predicted molar refractivity (Wildman–Crippen MR) is 38.1 cm³/mol. The Morgan fingerprint density at radius 2 is 2.00 bits per heavy atom. The van der Waals surface area contributed by atoms with Gasteiger partial charge in [0.05, 0.1) is 7.11 Å².